The number of carbonyl (C=O) groups is 1. The first-order chi connectivity index (χ1) is 26.2. The fraction of sp³-hybridized carbons (Fsp3) is 0.540. The SMILES string of the molecule is COC(=O)CCCC1(c2cccs2)C23C4C5CCC6c7c5c5c8c9c7c7c%10c%11c%12c%13c%14c%15c%16c(c-8c%14c%119)C8(C(C%16CCC%15C%13CCC%12C%10CCC76)C182)C543. The molecule has 4 fully saturated rings. The molecule has 256 valence electrons. The van der Waals surface area contributed by atoms with Crippen LogP contribution in [0.2, 0.25) is 0 Å². The van der Waals surface area contributed by atoms with Gasteiger partial charge >= 0.3 is 5.97 Å². The lowest BCUT2D eigenvalue weighted by atomic mass is 9.56. The van der Waals surface area contributed by atoms with Gasteiger partial charge in [0.25, 0.3) is 0 Å². The van der Waals surface area contributed by atoms with Gasteiger partial charge in [-0.15, -0.1) is 11.3 Å². The van der Waals surface area contributed by atoms with E-state index in [1.807, 2.05) is 99.1 Å². The molecule has 53 heavy (non-hydrogen) atoms. The van der Waals surface area contributed by atoms with Crippen molar-refractivity contribution in [3.05, 3.63) is 78.0 Å². The third-order valence-corrected chi connectivity index (χ3v) is 23.6. The van der Waals surface area contributed by atoms with E-state index in [1.54, 1.807) is 12.0 Å². The van der Waals surface area contributed by atoms with Crippen molar-refractivity contribution in [2.24, 2.45) is 22.7 Å². The molecule has 3 heteroatoms. The average Bonchev–Trinajstić information content (AvgIpc) is 3.70. The van der Waals surface area contributed by atoms with Crippen molar-refractivity contribution in [1.82, 2.24) is 0 Å². The van der Waals surface area contributed by atoms with Crippen LogP contribution in [0, 0.1) is 22.7 Å². The van der Waals surface area contributed by atoms with Gasteiger partial charge in [0.1, 0.15) is 0 Å². The van der Waals surface area contributed by atoms with Crippen LogP contribution in [0.25, 0.3) is 43.4 Å². The monoisotopic (exact) mass is 702 g/mol. The highest BCUT2D eigenvalue weighted by Crippen LogP contribution is 3.30. The average molecular weight is 703 g/mol. The second-order valence-corrected chi connectivity index (χ2v) is 22.7. The first-order valence-corrected chi connectivity index (χ1v) is 22.9. The van der Waals surface area contributed by atoms with Gasteiger partial charge in [-0.2, -0.15) is 0 Å². The fourth-order valence-electron chi connectivity index (χ4n) is 23.4. The molecule has 0 radical (unpaired) electrons. The highest BCUT2D eigenvalue weighted by Gasteiger charge is 3.31. The summed E-state index contributed by atoms with van der Waals surface area (Å²) in [6, 6.07) is 4.97. The van der Waals surface area contributed by atoms with Gasteiger partial charge in [-0.25, -0.2) is 0 Å². The first-order valence-electron chi connectivity index (χ1n) is 22.1. The molecule has 1 heterocycles. The Morgan fingerprint density at radius 1 is 0.623 bits per heavy atom. The van der Waals surface area contributed by atoms with Crippen molar-refractivity contribution < 1.29 is 9.53 Å². The van der Waals surface area contributed by atoms with Gasteiger partial charge in [-0.3, -0.25) is 4.79 Å². The second-order valence-electron chi connectivity index (χ2n) is 21.7. The molecule has 4 spiro atoms. The summed E-state index contributed by atoms with van der Waals surface area (Å²) in [5, 5.41) is 13.6. The molecule has 0 amide bonds. The minimum absolute atomic E-state index is 0.00655. The molecule has 0 aliphatic heterocycles. The van der Waals surface area contributed by atoms with Crippen molar-refractivity contribution in [3.63, 3.8) is 0 Å². The van der Waals surface area contributed by atoms with Crippen LogP contribution in [-0.4, -0.2) is 13.1 Å². The minimum atomic E-state index is -0.00655. The van der Waals surface area contributed by atoms with E-state index in [0.717, 1.165) is 65.6 Å². The Hall–Kier alpha value is -3.17. The number of benzene rings is 4. The van der Waals surface area contributed by atoms with Gasteiger partial charge in [0.2, 0.25) is 0 Å². The molecule has 14 atom stereocenters. The number of carbonyl (C=O) groups excluding carboxylic acids is 1. The van der Waals surface area contributed by atoms with E-state index < -0.39 is 0 Å². The Kier molecular flexibility index (Phi) is 3.00. The number of hydrogen-bond acceptors (Lipinski definition) is 3. The first kappa shape index (κ1) is 25.1. The lowest BCUT2D eigenvalue weighted by Gasteiger charge is -2.45. The maximum absolute atomic E-state index is 12.8. The summed E-state index contributed by atoms with van der Waals surface area (Å²) in [6.45, 7) is 0. The van der Waals surface area contributed by atoms with Crippen molar-refractivity contribution in [2.45, 2.75) is 134 Å². The summed E-state index contributed by atoms with van der Waals surface area (Å²) in [4.78, 5) is 14.5. The zero-order chi connectivity index (χ0) is 33.1. The van der Waals surface area contributed by atoms with E-state index in [1.165, 1.54) is 57.8 Å². The predicted molar refractivity (Wildman–Crippen MR) is 204 cm³/mol. The molecule has 5 aromatic rings. The Labute approximate surface area is 311 Å². The van der Waals surface area contributed by atoms with Gasteiger partial charge in [0.05, 0.1) is 7.11 Å². The summed E-state index contributed by atoms with van der Waals surface area (Å²) >= 11 is 2.10. The largest absolute Gasteiger partial charge is 0.469 e. The van der Waals surface area contributed by atoms with Crippen LogP contribution in [0.3, 0.4) is 0 Å². The van der Waals surface area contributed by atoms with Crippen LogP contribution >= 0.6 is 11.3 Å². The van der Waals surface area contributed by atoms with Crippen LogP contribution in [0.5, 0.6) is 0 Å². The van der Waals surface area contributed by atoms with Crippen LogP contribution < -0.4 is 0 Å². The lowest BCUT2D eigenvalue weighted by Crippen LogP contribution is -2.42. The summed E-state index contributed by atoms with van der Waals surface area (Å²) < 4.78 is 5.30. The summed E-state index contributed by atoms with van der Waals surface area (Å²) in [6.07, 6.45) is 14.4. The number of ether oxygens (including phenoxy) is 1. The molecular formula is C50H38O2S. The highest BCUT2D eigenvalue weighted by atomic mass is 32.1. The van der Waals surface area contributed by atoms with Gasteiger partial charge in [0.15, 0.2) is 0 Å². The number of thiophene rings is 1. The van der Waals surface area contributed by atoms with Crippen molar-refractivity contribution in [2.75, 3.05) is 7.11 Å². The summed E-state index contributed by atoms with van der Waals surface area (Å²) in [7, 11) is 1.59. The van der Waals surface area contributed by atoms with Crippen LogP contribution in [0.15, 0.2) is 17.5 Å². The molecule has 20 rings (SSSR count). The van der Waals surface area contributed by atoms with Crippen molar-refractivity contribution in [3.8, 4) is 11.1 Å². The third kappa shape index (κ3) is 1.55. The highest BCUT2D eigenvalue weighted by molar-refractivity contribution is 7.10. The van der Waals surface area contributed by atoms with E-state index in [9.17, 15) is 4.79 Å². The zero-order valence-electron chi connectivity index (χ0n) is 30.0. The molecule has 0 N–H and O–H groups in total. The Balaban J connectivity index is 1.04. The Morgan fingerprint density at radius 3 is 1.53 bits per heavy atom. The fourth-order valence-corrected chi connectivity index (χ4v) is 24.5. The number of esters is 1. The number of rotatable bonds is 5. The van der Waals surface area contributed by atoms with Gasteiger partial charge in [-0.05, 0) is 234 Å². The maximum atomic E-state index is 12.8. The standard InChI is InChI=1S/C50H38O2S/c1-52-25(51)5-2-14-46(24-4-3-15-53-24)49-44-22-12-10-20-18-8-6-16-17-7-9-19-21-11-13-23-33-31(21)36-29(19)27(17)34-26(16)28(18)35-30(20)32(22)42-40-38(35)37(34)39(36)41(40)43(33)48(47(42,44)49)45(23)50(46,48)49/h3-4,15-23,44-45H,2,5-14H2,1H3. The summed E-state index contributed by atoms with van der Waals surface area (Å²) in [5.74, 6) is 7.99. The third-order valence-electron chi connectivity index (χ3n) is 22.6. The molecule has 4 aromatic carbocycles. The van der Waals surface area contributed by atoms with E-state index >= 15 is 0 Å². The summed E-state index contributed by atoms with van der Waals surface area (Å²) in [5.41, 5.74) is 25.3. The number of hydrogen-bond donors (Lipinski definition) is 0. The van der Waals surface area contributed by atoms with E-state index in [0.29, 0.717) is 28.1 Å². The molecule has 0 bridgehead atoms. The van der Waals surface area contributed by atoms with Gasteiger partial charge in [-0.1, -0.05) is 6.07 Å². The molecule has 4 saturated carbocycles. The molecule has 15 aliphatic carbocycles. The molecule has 2 nitrogen and oxygen atoms in total. The van der Waals surface area contributed by atoms with Crippen LogP contribution in [0.4, 0.5) is 0 Å². The number of methoxy groups -OCH3 is 1. The van der Waals surface area contributed by atoms with Crippen LogP contribution in [0.1, 0.15) is 178 Å². The second kappa shape index (κ2) is 6.33. The predicted octanol–water partition coefficient (Wildman–Crippen LogP) is 11.1. The van der Waals surface area contributed by atoms with Gasteiger partial charge < -0.3 is 4.74 Å². The van der Waals surface area contributed by atoms with Crippen molar-refractivity contribution in [1.29, 1.82) is 0 Å². The Bertz CT molecular complexity index is 2890. The van der Waals surface area contributed by atoms with E-state index in [4.69, 9.17) is 4.74 Å². The van der Waals surface area contributed by atoms with E-state index in [-0.39, 0.29) is 11.4 Å². The minimum Gasteiger partial charge on any atom is -0.469 e. The molecule has 14 unspecified atom stereocenters. The zero-order valence-corrected chi connectivity index (χ0v) is 30.8. The normalized spacial score (nSPS) is 50.4. The Morgan fingerprint density at radius 2 is 1.08 bits per heavy atom. The molecule has 0 saturated heterocycles. The molecule has 15 aliphatic rings. The smallest absolute Gasteiger partial charge is 0.305 e. The molecular weight excluding hydrogens is 665 g/mol. The lowest BCUT2D eigenvalue weighted by molar-refractivity contribution is -0.140. The van der Waals surface area contributed by atoms with Gasteiger partial charge in [0, 0.05) is 38.4 Å². The molecule has 1 aromatic heterocycles. The maximum Gasteiger partial charge on any atom is 0.305 e. The number of fused-ring (bicyclic) bond motifs is 5. The quantitative estimate of drug-likeness (QED) is 0.132. The van der Waals surface area contributed by atoms with Crippen molar-refractivity contribution >= 4 is 49.6 Å². The topological polar surface area (TPSA) is 26.3 Å². The van der Waals surface area contributed by atoms with E-state index in [2.05, 4.69) is 28.8 Å². The van der Waals surface area contributed by atoms with Crippen LogP contribution in [-0.2, 0) is 25.8 Å².